The second-order valence-electron chi connectivity index (χ2n) is 6.29. The smallest absolute Gasteiger partial charge is 0.120 e. The maximum Gasteiger partial charge on any atom is 0.120 e. The van der Waals surface area contributed by atoms with Gasteiger partial charge in [0, 0.05) is 5.54 Å². The lowest BCUT2D eigenvalue weighted by molar-refractivity contribution is 0.251. The van der Waals surface area contributed by atoms with Gasteiger partial charge in [-0.1, -0.05) is 13.8 Å². The molecule has 1 N–H and O–H groups in total. The van der Waals surface area contributed by atoms with Crippen LogP contribution in [0.25, 0.3) is 0 Å². The number of nitrogens with one attached hydrogen (secondary N) is 1. The van der Waals surface area contributed by atoms with E-state index in [0.29, 0.717) is 0 Å². The Kier molecular flexibility index (Phi) is 6.08. The molecule has 0 spiro atoms. The summed E-state index contributed by atoms with van der Waals surface area (Å²) in [7, 11) is 0. The van der Waals surface area contributed by atoms with Crippen LogP contribution >= 0.6 is 0 Å². The van der Waals surface area contributed by atoms with Crippen molar-refractivity contribution in [3.8, 4) is 0 Å². The van der Waals surface area contributed by atoms with Crippen molar-refractivity contribution in [2.24, 2.45) is 0 Å². The average Bonchev–Trinajstić information content (AvgIpc) is 2.65. The topological polar surface area (TPSA) is 28.4 Å². The van der Waals surface area contributed by atoms with Crippen molar-refractivity contribution >= 4 is 0 Å². The van der Waals surface area contributed by atoms with Crippen molar-refractivity contribution in [3.05, 3.63) is 23.2 Å². The molecule has 1 rings (SSSR count). The molecule has 0 bridgehead atoms. The van der Waals surface area contributed by atoms with Crippen LogP contribution < -0.4 is 5.32 Å². The Bertz CT molecular complexity index is 377. The van der Waals surface area contributed by atoms with Crippen LogP contribution in [0.15, 0.2) is 10.5 Å². The molecule has 110 valence electrons. The van der Waals surface area contributed by atoms with Gasteiger partial charge in [-0.15, -0.1) is 0 Å². The van der Waals surface area contributed by atoms with E-state index in [1.807, 2.05) is 0 Å². The van der Waals surface area contributed by atoms with Gasteiger partial charge in [0.25, 0.3) is 0 Å². The van der Waals surface area contributed by atoms with E-state index in [1.54, 1.807) is 0 Å². The quantitative estimate of drug-likeness (QED) is 0.815. The van der Waals surface area contributed by atoms with E-state index >= 15 is 0 Å². The fourth-order valence-corrected chi connectivity index (χ4v) is 2.07. The van der Waals surface area contributed by atoms with Crippen LogP contribution in [-0.2, 0) is 13.1 Å². The van der Waals surface area contributed by atoms with Crippen LogP contribution in [0.2, 0.25) is 0 Å². The maximum absolute atomic E-state index is 5.98. The second-order valence-corrected chi connectivity index (χ2v) is 6.29. The zero-order valence-corrected chi connectivity index (χ0v) is 13.5. The summed E-state index contributed by atoms with van der Waals surface area (Å²) in [5, 5.41) is 3.48. The lowest BCUT2D eigenvalue weighted by atomic mass is 10.1. The zero-order chi connectivity index (χ0) is 14.5. The highest BCUT2D eigenvalue weighted by Gasteiger charge is 2.14. The summed E-state index contributed by atoms with van der Waals surface area (Å²) in [6.07, 6.45) is 1.19. The molecule has 0 unspecified atom stereocenters. The number of rotatable bonds is 7. The summed E-state index contributed by atoms with van der Waals surface area (Å²) in [6, 6.07) is 2.18. The van der Waals surface area contributed by atoms with Gasteiger partial charge < -0.3 is 9.73 Å². The Balaban J connectivity index is 2.62. The number of nitrogens with zero attached hydrogens (tertiary/aromatic N) is 1. The molecule has 3 nitrogen and oxygen atoms in total. The lowest BCUT2D eigenvalue weighted by Gasteiger charge is -2.20. The Labute approximate surface area is 118 Å². The van der Waals surface area contributed by atoms with Crippen molar-refractivity contribution in [2.75, 3.05) is 13.1 Å². The maximum atomic E-state index is 5.98. The van der Waals surface area contributed by atoms with E-state index in [0.717, 1.165) is 37.7 Å². The van der Waals surface area contributed by atoms with E-state index in [4.69, 9.17) is 4.42 Å². The normalized spacial score (nSPS) is 12.4. The van der Waals surface area contributed by atoms with Crippen molar-refractivity contribution in [1.29, 1.82) is 0 Å². The Morgan fingerprint density at radius 3 is 2.47 bits per heavy atom. The lowest BCUT2D eigenvalue weighted by Crippen LogP contribution is -2.35. The van der Waals surface area contributed by atoms with Gasteiger partial charge in [0.1, 0.15) is 11.5 Å². The SMILES string of the molecule is CCCN(CC)Cc1cc(C)c(CNC(C)(C)C)o1. The van der Waals surface area contributed by atoms with Gasteiger partial charge in [0.2, 0.25) is 0 Å². The Morgan fingerprint density at radius 2 is 1.95 bits per heavy atom. The summed E-state index contributed by atoms with van der Waals surface area (Å²) in [5.74, 6) is 2.15. The minimum atomic E-state index is 0.122. The number of hydrogen-bond donors (Lipinski definition) is 1. The fourth-order valence-electron chi connectivity index (χ4n) is 2.07. The summed E-state index contributed by atoms with van der Waals surface area (Å²) < 4.78 is 5.98. The van der Waals surface area contributed by atoms with Gasteiger partial charge in [0.05, 0.1) is 13.1 Å². The van der Waals surface area contributed by atoms with Gasteiger partial charge in [-0.05, 0) is 58.8 Å². The molecule has 0 saturated carbocycles. The van der Waals surface area contributed by atoms with Crippen molar-refractivity contribution < 1.29 is 4.42 Å². The number of aryl methyl sites for hydroxylation is 1. The van der Waals surface area contributed by atoms with E-state index in [1.165, 1.54) is 12.0 Å². The van der Waals surface area contributed by atoms with Crippen LogP contribution in [0.3, 0.4) is 0 Å². The van der Waals surface area contributed by atoms with Crippen molar-refractivity contribution in [1.82, 2.24) is 10.2 Å². The second kappa shape index (κ2) is 7.11. The number of hydrogen-bond acceptors (Lipinski definition) is 3. The molecule has 0 atom stereocenters. The molecular formula is C16H30N2O. The zero-order valence-electron chi connectivity index (χ0n) is 13.5. The number of furan rings is 1. The van der Waals surface area contributed by atoms with E-state index in [2.05, 4.69) is 57.8 Å². The Morgan fingerprint density at radius 1 is 1.26 bits per heavy atom. The third-order valence-electron chi connectivity index (χ3n) is 3.22. The predicted octanol–water partition coefficient (Wildman–Crippen LogP) is 3.71. The first kappa shape index (κ1) is 16.3. The molecule has 0 aliphatic rings. The summed E-state index contributed by atoms with van der Waals surface area (Å²) in [6.45, 7) is 17.0. The highest BCUT2D eigenvalue weighted by Crippen LogP contribution is 2.17. The average molecular weight is 266 g/mol. The first-order chi connectivity index (χ1) is 8.85. The standard InChI is InChI=1S/C16H30N2O/c1-7-9-18(8-2)12-14-10-13(3)15(19-14)11-17-16(4,5)6/h10,17H,7-9,11-12H2,1-6H3. The molecular weight excluding hydrogens is 236 g/mol. The van der Waals surface area contributed by atoms with Crippen LogP contribution in [0, 0.1) is 6.92 Å². The molecule has 0 saturated heterocycles. The molecule has 0 aromatic carbocycles. The van der Waals surface area contributed by atoms with Crippen LogP contribution in [0.5, 0.6) is 0 Å². The summed E-state index contributed by atoms with van der Waals surface area (Å²) in [5.41, 5.74) is 1.37. The van der Waals surface area contributed by atoms with Gasteiger partial charge in [0.15, 0.2) is 0 Å². The first-order valence-electron chi connectivity index (χ1n) is 7.41. The fraction of sp³-hybridized carbons (Fsp3) is 0.750. The van der Waals surface area contributed by atoms with Gasteiger partial charge >= 0.3 is 0 Å². The van der Waals surface area contributed by atoms with Gasteiger partial charge in [-0.25, -0.2) is 0 Å². The van der Waals surface area contributed by atoms with Crippen LogP contribution in [-0.4, -0.2) is 23.5 Å². The van der Waals surface area contributed by atoms with Crippen molar-refractivity contribution in [2.45, 2.75) is 66.6 Å². The highest BCUT2D eigenvalue weighted by molar-refractivity contribution is 5.20. The van der Waals surface area contributed by atoms with Crippen LogP contribution in [0.1, 0.15) is 58.1 Å². The highest BCUT2D eigenvalue weighted by atomic mass is 16.3. The van der Waals surface area contributed by atoms with Crippen LogP contribution in [0.4, 0.5) is 0 Å². The van der Waals surface area contributed by atoms with E-state index in [9.17, 15) is 0 Å². The Hall–Kier alpha value is -0.800. The molecule has 3 heteroatoms. The molecule has 0 amide bonds. The predicted molar refractivity (Wildman–Crippen MR) is 81.3 cm³/mol. The molecule has 1 aromatic heterocycles. The van der Waals surface area contributed by atoms with E-state index in [-0.39, 0.29) is 5.54 Å². The molecule has 19 heavy (non-hydrogen) atoms. The minimum Gasteiger partial charge on any atom is -0.463 e. The molecule has 0 radical (unpaired) electrons. The molecule has 1 heterocycles. The summed E-state index contributed by atoms with van der Waals surface area (Å²) in [4.78, 5) is 2.42. The van der Waals surface area contributed by atoms with Crippen molar-refractivity contribution in [3.63, 3.8) is 0 Å². The van der Waals surface area contributed by atoms with Gasteiger partial charge in [-0.3, -0.25) is 4.90 Å². The monoisotopic (exact) mass is 266 g/mol. The minimum absolute atomic E-state index is 0.122. The molecule has 0 aliphatic heterocycles. The summed E-state index contributed by atoms with van der Waals surface area (Å²) >= 11 is 0. The van der Waals surface area contributed by atoms with E-state index < -0.39 is 0 Å². The largest absolute Gasteiger partial charge is 0.463 e. The molecule has 1 aromatic rings. The molecule has 0 aliphatic carbocycles. The first-order valence-corrected chi connectivity index (χ1v) is 7.41. The molecule has 0 fully saturated rings. The third-order valence-corrected chi connectivity index (χ3v) is 3.22. The third kappa shape index (κ3) is 5.79. The van der Waals surface area contributed by atoms with Gasteiger partial charge in [-0.2, -0.15) is 0 Å².